The number of nitrogens with zero attached hydrogens (tertiary/aromatic N) is 1. The fourth-order valence-corrected chi connectivity index (χ4v) is 2.25. The molecule has 1 fully saturated rings. The molecular formula is C10H13N2O6P. The summed E-state index contributed by atoms with van der Waals surface area (Å²) in [4.78, 5) is 35.4. The van der Waals surface area contributed by atoms with Crippen molar-refractivity contribution in [1.82, 2.24) is 9.55 Å². The Hall–Kier alpha value is -1.34. The van der Waals surface area contributed by atoms with Crippen LogP contribution in [0.2, 0.25) is 0 Å². The number of nitrogens with one attached hydrogen (secondary N) is 1. The maximum absolute atomic E-state index is 11.7. The molecule has 104 valence electrons. The third-order valence-electron chi connectivity index (χ3n) is 2.91. The van der Waals surface area contributed by atoms with Gasteiger partial charge in [-0.15, -0.1) is 4.52 Å². The van der Waals surface area contributed by atoms with Crippen LogP contribution in [0.15, 0.2) is 15.8 Å². The van der Waals surface area contributed by atoms with Gasteiger partial charge in [0.15, 0.2) is 0 Å². The summed E-state index contributed by atoms with van der Waals surface area (Å²) in [5.74, 6) is 0. The molecule has 0 aliphatic carbocycles. The van der Waals surface area contributed by atoms with E-state index < -0.39 is 25.7 Å². The number of aromatic nitrogens is 2. The first-order valence-corrected chi connectivity index (χ1v) is 6.81. The second-order valence-electron chi connectivity index (χ2n) is 4.29. The van der Waals surface area contributed by atoms with Crippen LogP contribution in [0.4, 0.5) is 0 Å². The predicted octanol–water partition coefficient (Wildman–Crippen LogP) is -0.443. The van der Waals surface area contributed by atoms with Crippen LogP contribution < -0.4 is 16.1 Å². The zero-order valence-electron chi connectivity index (χ0n) is 10.2. The molecule has 0 saturated carbocycles. The molecular weight excluding hydrogens is 275 g/mol. The van der Waals surface area contributed by atoms with E-state index in [1.165, 1.54) is 10.8 Å². The standard InChI is InChI=1S/C10H13N2O6P/c1-6-4-12(10(14)11-9(6)13)8-3-2-7(18-8)5-17-19(15)16/h4,7-8H,2-3,5H2,1H3,(H,11,13,14)/t7-,8+/m0/s1. The topological polar surface area (TPSA) is 113 Å². The lowest BCUT2D eigenvalue weighted by atomic mass is 10.2. The van der Waals surface area contributed by atoms with Crippen molar-refractivity contribution in [3.05, 3.63) is 32.6 Å². The minimum atomic E-state index is -2.90. The van der Waals surface area contributed by atoms with Crippen molar-refractivity contribution in [1.29, 1.82) is 0 Å². The van der Waals surface area contributed by atoms with Gasteiger partial charge < -0.3 is 9.63 Å². The summed E-state index contributed by atoms with van der Waals surface area (Å²) in [5.41, 5.74) is -0.565. The van der Waals surface area contributed by atoms with E-state index in [2.05, 4.69) is 9.51 Å². The van der Waals surface area contributed by atoms with Crippen LogP contribution in [0, 0.1) is 6.92 Å². The Balaban J connectivity index is 2.09. The third kappa shape index (κ3) is 3.36. The Labute approximate surface area is 108 Å². The van der Waals surface area contributed by atoms with Gasteiger partial charge in [0.05, 0.1) is 6.10 Å². The molecule has 1 aliphatic heterocycles. The van der Waals surface area contributed by atoms with Crippen LogP contribution in [0.25, 0.3) is 0 Å². The van der Waals surface area contributed by atoms with Crippen LogP contribution in [-0.4, -0.2) is 22.3 Å². The van der Waals surface area contributed by atoms with E-state index in [1.807, 2.05) is 0 Å². The number of aryl methyl sites for hydroxylation is 1. The molecule has 0 bridgehead atoms. The highest BCUT2D eigenvalue weighted by Gasteiger charge is 2.29. The van der Waals surface area contributed by atoms with Crippen LogP contribution in [0.1, 0.15) is 24.6 Å². The highest BCUT2D eigenvalue weighted by atomic mass is 31.1. The molecule has 1 aromatic heterocycles. The van der Waals surface area contributed by atoms with E-state index in [1.54, 1.807) is 6.92 Å². The Morgan fingerprint density at radius 1 is 1.58 bits per heavy atom. The van der Waals surface area contributed by atoms with Crippen LogP contribution >= 0.6 is 8.25 Å². The van der Waals surface area contributed by atoms with Gasteiger partial charge in [0.1, 0.15) is 12.8 Å². The summed E-state index contributed by atoms with van der Waals surface area (Å²) in [6.07, 6.45) is 1.68. The van der Waals surface area contributed by atoms with Gasteiger partial charge in [0, 0.05) is 11.8 Å². The van der Waals surface area contributed by atoms with E-state index in [4.69, 9.17) is 4.74 Å². The lowest BCUT2D eigenvalue weighted by Crippen LogP contribution is -2.33. The predicted molar refractivity (Wildman–Crippen MR) is 62.8 cm³/mol. The van der Waals surface area contributed by atoms with Gasteiger partial charge in [-0.3, -0.25) is 14.3 Å². The van der Waals surface area contributed by atoms with Crippen molar-refractivity contribution in [2.24, 2.45) is 0 Å². The van der Waals surface area contributed by atoms with Crippen molar-refractivity contribution in [3.8, 4) is 0 Å². The van der Waals surface area contributed by atoms with Gasteiger partial charge in [-0.1, -0.05) is 0 Å². The summed E-state index contributed by atoms with van der Waals surface area (Å²) in [7, 11) is -2.90. The lowest BCUT2D eigenvalue weighted by molar-refractivity contribution is -0.188. The summed E-state index contributed by atoms with van der Waals surface area (Å²) in [6.45, 7) is 1.53. The fourth-order valence-electron chi connectivity index (χ4n) is 1.96. The van der Waals surface area contributed by atoms with E-state index in [0.29, 0.717) is 18.4 Å². The molecule has 9 heteroatoms. The Morgan fingerprint density at radius 3 is 3.00 bits per heavy atom. The molecule has 2 heterocycles. The molecule has 1 saturated heterocycles. The van der Waals surface area contributed by atoms with Crippen molar-refractivity contribution in [2.45, 2.75) is 32.1 Å². The molecule has 3 atom stereocenters. The maximum atomic E-state index is 11.7. The van der Waals surface area contributed by atoms with Gasteiger partial charge in [-0.05, 0) is 24.3 Å². The first-order chi connectivity index (χ1) is 8.97. The zero-order chi connectivity index (χ0) is 14.0. The second-order valence-corrected chi connectivity index (χ2v) is 4.99. The highest BCUT2D eigenvalue weighted by molar-refractivity contribution is 7.30. The summed E-state index contributed by atoms with van der Waals surface area (Å²) < 4.78 is 21.6. The molecule has 0 amide bonds. The number of H-pyrrole nitrogens is 1. The molecule has 1 aliphatic rings. The molecule has 19 heavy (non-hydrogen) atoms. The molecule has 1 aromatic rings. The average Bonchev–Trinajstić information content (AvgIpc) is 2.80. The minimum absolute atomic E-state index is 0.0632. The Bertz CT molecular complexity index is 594. The highest BCUT2D eigenvalue weighted by Crippen LogP contribution is 2.28. The van der Waals surface area contributed by atoms with E-state index in [-0.39, 0.29) is 12.7 Å². The second kappa shape index (κ2) is 5.75. The SMILES string of the molecule is Cc1cn([C@H]2CC[C@@H](CO[P+](=O)[O-])O2)c(=O)[nH]c1=O. The van der Waals surface area contributed by atoms with E-state index in [9.17, 15) is 19.0 Å². The van der Waals surface area contributed by atoms with Crippen LogP contribution in [0.3, 0.4) is 0 Å². The van der Waals surface area contributed by atoms with Crippen molar-refractivity contribution < 1.29 is 18.7 Å². The number of hydrogen-bond donors (Lipinski definition) is 1. The van der Waals surface area contributed by atoms with E-state index in [0.717, 1.165) is 0 Å². The maximum Gasteiger partial charge on any atom is 0.488 e. The van der Waals surface area contributed by atoms with Gasteiger partial charge >= 0.3 is 13.9 Å². The molecule has 8 nitrogen and oxygen atoms in total. The Morgan fingerprint density at radius 2 is 2.32 bits per heavy atom. The number of hydrogen-bond acceptors (Lipinski definition) is 6. The van der Waals surface area contributed by atoms with E-state index >= 15 is 0 Å². The van der Waals surface area contributed by atoms with Gasteiger partial charge in [0.2, 0.25) is 0 Å². The molecule has 0 spiro atoms. The van der Waals surface area contributed by atoms with Gasteiger partial charge in [-0.2, -0.15) is 0 Å². The normalized spacial score (nSPS) is 23.6. The van der Waals surface area contributed by atoms with Gasteiger partial charge in [-0.25, -0.2) is 4.79 Å². The minimum Gasteiger partial charge on any atom is -0.566 e. The van der Waals surface area contributed by atoms with Crippen molar-refractivity contribution >= 4 is 8.25 Å². The average molecular weight is 288 g/mol. The number of ether oxygens (including phenoxy) is 1. The van der Waals surface area contributed by atoms with Crippen molar-refractivity contribution in [3.63, 3.8) is 0 Å². The quantitative estimate of drug-likeness (QED) is 0.751. The molecule has 0 aromatic carbocycles. The van der Waals surface area contributed by atoms with Gasteiger partial charge in [0.25, 0.3) is 5.56 Å². The smallest absolute Gasteiger partial charge is 0.488 e. The molecule has 2 rings (SSSR count). The molecule has 1 unspecified atom stereocenters. The summed E-state index contributed by atoms with van der Waals surface area (Å²) >= 11 is 0. The zero-order valence-corrected chi connectivity index (χ0v) is 11.1. The monoisotopic (exact) mass is 288 g/mol. The largest absolute Gasteiger partial charge is 0.566 e. The fraction of sp³-hybridized carbons (Fsp3) is 0.600. The first-order valence-electron chi connectivity index (χ1n) is 5.72. The van der Waals surface area contributed by atoms with Crippen molar-refractivity contribution in [2.75, 3.05) is 6.61 Å². The Kier molecular flexibility index (Phi) is 4.26. The molecule has 1 N–H and O–H groups in total. The summed E-state index contributed by atoms with van der Waals surface area (Å²) in [5, 5.41) is 0. The lowest BCUT2D eigenvalue weighted by Gasteiger charge is -2.14. The number of rotatable bonds is 4. The third-order valence-corrected chi connectivity index (χ3v) is 3.27. The summed E-state index contributed by atoms with van der Waals surface area (Å²) in [6, 6.07) is 0. The van der Waals surface area contributed by atoms with Crippen LogP contribution in [0.5, 0.6) is 0 Å². The number of aromatic amines is 1. The van der Waals surface area contributed by atoms with Crippen LogP contribution in [-0.2, 0) is 13.8 Å². The molecule has 0 radical (unpaired) electrons. The first kappa shape index (κ1) is 14.1.